The van der Waals surface area contributed by atoms with Crippen LogP contribution in [0.15, 0.2) is 55.0 Å². The van der Waals surface area contributed by atoms with Crippen molar-refractivity contribution in [2.24, 2.45) is 0 Å². The topological polar surface area (TPSA) is 69.0 Å². The third-order valence-corrected chi connectivity index (χ3v) is 3.42. The molecule has 23 heavy (non-hydrogen) atoms. The van der Waals surface area contributed by atoms with E-state index >= 15 is 0 Å². The normalized spacial score (nSPS) is 10.6. The number of para-hydroxylation sites is 1. The minimum atomic E-state index is -0.140. The molecule has 3 rings (SSSR count). The van der Waals surface area contributed by atoms with E-state index in [1.54, 1.807) is 24.5 Å². The fourth-order valence-corrected chi connectivity index (χ4v) is 2.29. The SMILES string of the molecule is O=C(COc1cccnc1)NCCCn1ncc2ccccc21. The van der Waals surface area contributed by atoms with Crippen LogP contribution < -0.4 is 10.1 Å². The average Bonchev–Trinajstić information content (AvgIpc) is 3.01. The molecule has 0 spiro atoms. The lowest BCUT2D eigenvalue weighted by Crippen LogP contribution is -2.30. The van der Waals surface area contributed by atoms with Gasteiger partial charge in [0, 0.05) is 24.7 Å². The van der Waals surface area contributed by atoms with Gasteiger partial charge in [0.05, 0.1) is 17.9 Å². The summed E-state index contributed by atoms with van der Waals surface area (Å²) in [5, 5.41) is 8.32. The van der Waals surface area contributed by atoms with E-state index in [9.17, 15) is 4.79 Å². The third-order valence-electron chi connectivity index (χ3n) is 3.42. The molecule has 0 fully saturated rings. The first-order chi connectivity index (χ1) is 11.3. The quantitative estimate of drug-likeness (QED) is 0.678. The zero-order valence-electron chi connectivity index (χ0n) is 12.7. The van der Waals surface area contributed by atoms with Crippen molar-refractivity contribution < 1.29 is 9.53 Å². The Hall–Kier alpha value is -2.89. The van der Waals surface area contributed by atoms with Gasteiger partial charge in [0.1, 0.15) is 5.75 Å². The van der Waals surface area contributed by atoms with Crippen molar-refractivity contribution in [1.82, 2.24) is 20.1 Å². The monoisotopic (exact) mass is 310 g/mol. The Morgan fingerprint density at radius 3 is 2.96 bits per heavy atom. The number of ether oxygens (including phenoxy) is 1. The van der Waals surface area contributed by atoms with Crippen LogP contribution in [0.4, 0.5) is 0 Å². The summed E-state index contributed by atoms with van der Waals surface area (Å²) < 4.78 is 7.29. The van der Waals surface area contributed by atoms with Crippen molar-refractivity contribution in [1.29, 1.82) is 0 Å². The van der Waals surface area contributed by atoms with Gasteiger partial charge in [-0.2, -0.15) is 5.10 Å². The Morgan fingerprint density at radius 2 is 2.09 bits per heavy atom. The maximum absolute atomic E-state index is 11.7. The van der Waals surface area contributed by atoms with Gasteiger partial charge in [0.2, 0.25) is 0 Å². The fourth-order valence-electron chi connectivity index (χ4n) is 2.29. The van der Waals surface area contributed by atoms with Gasteiger partial charge < -0.3 is 10.1 Å². The zero-order valence-corrected chi connectivity index (χ0v) is 12.7. The highest BCUT2D eigenvalue weighted by Gasteiger charge is 2.04. The second-order valence-electron chi connectivity index (χ2n) is 5.11. The Bertz CT molecular complexity index is 770. The summed E-state index contributed by atoms with van der Waals surface area (Å²) in [5.41, 5.74) is 1.11. The van der Waals surface area contributed by atoms with Gasteiger partial charge in [0.15, 0.2) is 6.61 Å². The molecule has 2 heterocycles. The minimum absolute atomic E-state index is 0.00358. The molecule has 0 radical (unpaired) electrons. The van der Waals surface area contributed by atoms with Gasteiger partial charge in [-0.05, 0) is 24.6 Å². The summed E-state index contributed by atoms with van der Waals surface area (Å²) in [6.07, 6.45) is 5.90. The molecule has 0 bridgehead atoms. The van der Waals surface area contributed by atoms with Crippen LogP contribution in [0.2, 0.25) is 0 Å². The molecule has 0 aliphatic heterocycles. The molecule has 6 heteroatoms. The molecule has 0 aliphatic rings. The number of rotatable bonds is 7. The smallest absolute Gasteiger partial charge is 0.257 e. The first-order valence-electron chi connectivity index (χ1n) is 7.53. The van der Waals surface area contributed by atoms with Crippen LogP contribution >= 0.6 is 0 Å². The van der Waals surface area contributed by atoms with Gasteiger partial charge in [-0.25, -0.2) is 0 Å². The van der Waals surface area contributed by atoms with Crippen LogP contribution in [0.3, 0.4) is 0 Å². The number of hydrogen-bond acceptors (Lipinski definition) is 4. The van der Waals surface area contributed by atoms with Gasteiger partial charge in [-0.3, -0.25) is 14.5 Å². The molecule has 3 aromatic rings. The minimum Gasteiger partial charge on any atom is -0.482 e. The number of benzene rings is 1. The molecule has 118 valence electrons. The maximum Gasteiger partial charge on any atom is 0.257 e. The third kappa shape index (κ3) is 4.06. The summed E-state index contributed by atoms with van der Waals surface area (Å²) in [5.74, 6) is 0.449. The van der Waals surface area contributed by atoms with Crippen LogP contribution in [0.25, 0.3) is 10.9 Å². The van der Waals surface area contributed by atoms with Gasteiger partial charge in [-0.15, -0.1) is 0 Å². The predicted octanol–water partition coefficient (Wildman–Crippen LogP) is 2.02. The number of aryl methyl sites for hydroxylation is 1. The number of nitrogens with zero attached hydrogens (tertiary/aromatic N) is 3. The number of hydrogen-bond donors (Lipinski definition) is 1. The molecule has 0 atom stereocenters. The zero-order chi connectivity index (χ0) is 15.9. The number of pyridine rings is 1. The summed E-state index contributed by atoms with van der Waals surface area (Å²) >= 11 is 0. The first kappa shape index (κ1) is 15.0. The molecule has 2 aromatic heterocycles. The van der Waals surface area contributed by atoms with Crippen molar-refractivity contribution in [2.75, 3.05) is 13.2 Å². The fraction of sp³-hybridized carbons (Fsp3) is 0.235. The number of amides is 1. The highest BCUT2D eigenvalue weighted by molar-refractivity contribution is 5.78. The summed E-state index contributed by atoms with van der Waals surface area (Å²) in [7, 11) is 0. The van der Waals surface area contributed by atoms with E-state index < -0.39 is 0 Å². The van der Waals surface area contributed by atoms with E-state index in [0.717, 1.165) is 23.9 Å². The van der Waals surface area contributed by atoms with Crippen molar-refractivity contribution in [3.8, 4) is 5.75 Å². The molecule has 6 nitrogen and oxygen atoms in total. The predicted molar refractivity (Wildman–Crippen MR) is 87.1 cm³/mol. The van der Waals surface area contributed by atoms with E-state index in [1.165, 1.54) is 0 Å². The van der Waals surface area contributed by atoms with Crippen molar-refractivity contribution >= 4 is 16.8 Å². The van der Waals surface area contributed by atoms with Crippen molar-refractivity contribution in [3.63, 3.8) is 0 Å². The molecule has 0 aliphatic carbocycles. The van der Waals surface area contributed by atoms with Gasteiger partial charge >= 0.3 is 0 Å². The summed E-state index contributed by atoms with van der Waals surface area (Å²) in [6.45, 7) is 1.34. The number of fused-ring (bicyclic) bond motifs is 1. The van der Waals surface area contributed by atoms with Crippen LogP contribution in [0.1, 0.15) is 6.42 Å². The molecular weight excluding hydrogens is 292 g/mol. The van der Waals surface area contributed by atoms with Crippen LogP contribution in [-0.2, 0) is 11.3 Å². The second kappa shape index (κ2) is 7.40. The Labute approximate surface area is 134 Å². The number of aromatic nitrogens is 3. The lowest BCUT2D eigenvalue weighted by molar-refractivity contribution is -0.123. The highest BCUT2D eigenvalue weighted by Crippen LogP contribution is 2.12. The van der Waals surface area contributed by atoms with Crippen LogP contribution in [-0.4, -0.2) is 33.8 Å². The van der Waals surface area contributed by atoms with E-state index in [4.69, 9.17) is 4.74 Å². The van der Waals surface area contributed by atoms with Crippen molar-refractivity contribution in [2.45, 2.75) is 13.0 Å². The van der Waals surface area contributed by atoms with E-state index in [2.05, 4.69) is 15.4 Å². The summed E-state index contributed by atoms with van der Waals surface area (Å²) in [4.78, 5) is 15.6. The lowest BCUT2D eigenvalue weighted by Gasteiger charge is -2.07. The van der Waals surface area contributed by atoms with Crippen LogP contribution in [0, 0.1) is 0 Å². The molecule has 0 unspecified atom stereocenters. The molecule has 0 saturated heterocycles. The van der Waals surface area contributed by atoms with Crippen LogP contribution in [0.5, 0.6) is 5.75 Å². The first-order valence-corrected chi connectivity index (χ1v) is 7.53. The average molecular weight is 310 g/mol. The summed E-state index contributed by atoms with van der Waals surface area (Å²) in [6, 6.07) is 11.6. The molecule has 1 N–H and O–H groups in total. The Morgan fingerprint density at radius 1 is 1.17 bits per heavy atom. The number of carbonyl (C=O) groups excluding carboxylic acids is 1. The molecule has 0 saturated carbocycles. The van der Waals surface area contributed by atoms with E-state index in [-0.39, 0.29) is 12.5 Å². The van der Waals surface area contributed by atoms with Gasteiger partial charge in [0.25, 0.3) is 5.91 Å². The number of carbonyl (C=O) groups is 1. The number of nitrogens with one attached hydrogen (secondary N) is 1. The lowest BCUT2D eigenvalue weighted by atomic mass is 10.2. The Kier molecular flexibility index (Phi) is 4.83. The van der Waals surface area contributed by atoms with Crippen molar-refractivity contribution in [3.05, 3.63) is 55.0 Å². The Balaban J connectivity index is 1.39. The maximum atomic E-state index is 11.7. The van der Waals surface area contributed by atoms with Gasteiger partial charge in [-0.1, -0.05) is 18.2 Å². The molecule has 1 amide bonds. The van der Waals surface area contributed by atoms with E-state index in [1.807, 2.05) is 35.1 Å². The second-order valence-corrected chi connectivity index (χ2v) is 5.11. The largest absolute Gasteiger partial charge is 0.482 e. The van der Waals surface area contributed by atoms with E-state index in [0.29, 0.717) is 12.3 Å². The highest BCUT2D eigenvalue weighted by atomic mass is 16.5. The standard InChI is InChI=1S/C17H18N4O2/c22-17(13-23-15-6-3-8-18-12-15)19-9-4-10-21-16-7-2-1-5-14(16)11-20-21/h1-3,5-8,11-12H,4,9-10,13H2,(H,19,22). The molecular formula is C17H18N4O2. The molecule has 1 aromatic carbocycles.